The topological polar surface area (TPSA) is 81.3 Å². The summed E-state index contributed by atoms with van der Waals surface area (Å²) in [6.45, 7) is 2.20. The van der Waals surface area contributed by atoms with Gasteiger partial charge in [-0.1, -0.05) is 36.4 Å². The lowest BCUT2D eigenvalue weighted by Gasteiger charge is -2.08. The quantitative estimate of drug-likeness (QED) is 0.582. The summed E-state index contributed by atoms with van der Waals surface area (Å²) < 4.78 is 2.97. The highest BCUT2D eigenvalue weighted by atomic mass is 16.2. The molecule has 1 amide bonds. The van der Waals surface area contributed by atoms with Gasteiger partial charge in [-0.15, -0.1) is 0 Å². The zero-order valence-corrected chi connectivity index (χ0v) is 15.4. The summed E-state index contributed by atoms with van der Waals surface area (Å²) in [7, 11) is 0. The standard InChI is InChI=1S/C21H19N5O2/c1-2-22-18(27)14-26-19(28)12-11-16(23-26)20-17-10-6-7-13-25(17)24-21(20)15-8-4-3-5-9-15/h3-13H,2,14H2,1H3,(H,22,27). The lowest BCUT2D eigenvalue weighted by atomic mass is 10.0. The largest absolute Gasteiger partial charge is 0.355 e. The minimum Gasteiger partial charge on any atom is -0.355 e. The fourth-order valence-electron chi connectivity index (χ4n) is 3.13. The first kappa shape index (κ1) is 17.7. The number of rotatable bonds is 5. The number of nitrogens with zero attached hydrogens (tertiary/aromatic N) is 4. The molecule has 28 heavy (non-hydrogen) atoms. The number of benzene rings is 1. The molecule has 0 saturated carbocycles. The van der Waals surface area contributed by atoms with Crippen LogP contribution < -0.4 is 10.9 Å². The molecule has 1 aromatic carbocycles. The van der Waals surface area contributed by atoms with Gasteiger partial charge in [0.05, 0.1) is 16.8 Å². The van der Waals surface area contributed by atoms with Gasteiger partial charge < -0.3 is 5.32 Å². The second kappa shape index (κ2) is 7.48. The van der Waals surface area contributed by atoms with E-state index in [1.807, 2.05) is 61.7 Å². The van der Waals surface area contributed by atoms with Crippen molar-refractivity contribution in [3.8, 4) is 22.5 Å². The fourth-order valence-corrected chi connectivity index (χ4v) is 3.13. The van der Waals surface area contributed by atoms with Gasteiger partial charge in [-0.2, -0.15) is 10.2 Å². The van der Waals surface area contributed by atoms with Crippen molar-refractivity contribution in [2.75, 3.05) is 6.54 Å². The number of carbonyl (C=O) groups excluding carboxylic acids is 1. The van der Waals surface area contributed by atoms with Crippen LogP contribution in [0.2, 0.25) is 0 Å². The third-order valence-electron chi connectivity index (χ3n) is 4.38. The van der Waals surface area contributed by atoms with Gasteiger partial charge in [0.1, 0.15) is 12.2 Å². The first-order valence-electron chi connectivity index (χ1n) is 9.05. The van der Waals surface area contributed by atoms with Crippen molar-refractivity contribution < 1.29 is 4.79 Å². The van der Waals surface area contributed by atoms with E-state index >= 15 is 0 Å². The van der Waals surface area contributed by atoms with E-state index in [1.165, 1.54) is 10.7 Å². The average Bonchev–Trinajstić information content (AvgIpc) is 3.10. The SMILES string of the molecule is CCNC(=O)Cn1nc(-c2c(-c3ccccc3)nn3ccccc23)ccc1=O. The lowest BCUT2D eigenvalue weighted by molar-refractivity contribution is -0.121. The maximum Gasteiger partial charge on any atom is 0.267 e. The van der Waals surface area contributed by atoms with Gasteiger partial charge in [0.15, 0.2) is 0 Å². The summed E-state index contributed by atoms with van der Waals surface area (Å²) in [5.74, 6) is -0.252. The molecule has 4 aromatic rings. The second-order valence-corrected chi connectivity index (χ2v) is 6.29. The van der Waals surface area contributed by atoms with Crippen molar-refractivity contribution in [2.24, 2.45) is 0 Å². The molecule has 1 N–H and O–H groups in total. The van der Waals surface area contributed by atoms with Gasteiger partial charge >= 0.3 is 0 Å². The maximum atomic E-state index is 12.2. The molecular weight excluding hydrogens is 354 g/mol. The zero-order valence-electron chi connectivity index (χ0n) is 15.4. The molecule has 0 atom stereocenters. The number of hydrogen-bond acceptors (Lipinski definition) is 4. The Kier molecular flexibility index (Phi) is 4.72. The van der Waals surface area contributed by atoms with E-state index in [1.54, 1.807) is 10.6 Å². The highest BCUT2D eigenvalue weighted by molar-refractivity contribution is 5.90. The minimum atomic E-state index is -0.326. The Morgan fingerprint density at radius 3 is 2.57 bits per heavy atom. The molecule has 0 aliphatic rings. The third-order valence-corrected chi connectivity index (χ3v) is 4.38. The normalized spacial score (nSPS) is 10.9. The molecular formula is C21H19N5O2. The molecule has 3 heterocycles. The van der Waals surface area contributed by atoms with Crippen LogP contribution in [0.25, 0.3) is 28.0 Å². The van der Waals surface area contributed by atoms with Crippen molar-refractivity contribution in [1.82, 2.24) is 24.7 Å². The summed E-state index contributed by atoms with van der Waals surface area (Å²) in [5, 5.41) is 11.9. The van der Waals surface area contributed by atoms with E-state index in [4.69, 9.17) is 5.10 Å². The van der Waals surface area contributed by atoms with Gasteiger partial charge in [0.2, 0.25) is 5.91 Å². The molecule has 0 unspecified atom stereocenters. The van der Waals surface area contributed by atoms with E-state index in [-0.39, 0.29) is 18.0 Å². The van der Waals surface area contributed by atoms with Crippen molar-refractivity contribution in [2.45, 2.75) is 13.5 Å². The second-order valence-electron chi connectivity index (χ2n) is 6.29. The van der Waals surface area contributed by atoms with Crippen molar-refractivity contribution in [3.05, 3.63) is 77.2 Å². The predicted octanol–water partition coefficient (Wildman–Crippen LogP) is 2.36. The Hall–Kier alpha value is -3.74. The van der Waals surface area contributed by atoms with E-state index in [0.29, 0.717) is 12.2 Å². The predicted molar refractivity (Wildman–Crippen MR) is 107 cm³/mol. The molecule has 0 saturated heterocycles. The van der Waals surface area contributed by atoms with Crippen molar-refractivity contribution in [1.29, 1.82) is 0 Å². The zero-order chi connectivity index (χ0) is 19.5. The number of nitrogens with one attached hydrogen (secondary N) is 1. The van der Waals surface area contributed by atoms with Crippen molar-refractivity contribution >= 4 is 11.4 Å². The summed E-state index contributed by atoms with van der Waals surface area (Å²) in [6.07, 6.45) is 1.87. The van der Waals surface area contributed by atoms with E-state index in [9.17, 15) is 9.59 Å². The number of amides is 1. The molecule has 0 spiro atoms. The number of fused-ring (bicyclic) bond motifs is 1. The smallest absolute Gasteiger partial charge is 0.267 e. The van der Waals surface area contributed by atoms with Crippen LogP contribution in [0.4, 0.5) is 0 Å². The van der Waals surface area contributed by atoms with E-state index in [0.717, 1.165) is 22.3 Å². The fraction of sp³-hybridized carbons (Fsp3) is 0.143. The third kappa shape index (κ3) is 3.29. The summed E-state index contributed by atoms with van der Waals surface area (Å²) in [5.41, 5.74) is 3.66. The van der Waals surface area contributed by atoms with Gasteiger partial charge in [-0.25, -0.2) is 9.20 Å². The van der Waals surface area contributed by atoms with Crippen LogP contribution in [0.15, 0.2) is 71.7 Å². The number of carbonyl (C=O) groups is 1. The van der Waals surface area contributed by atoms with E-state index in [2.05, 4.69) is 10.4 Å². The summed E-state index contributed by atoms with van der Waals surface area (Å²) >= 11 is 0. The molecule has 7 nitrogen and oxygen atoms in total. The average molecular weight is 373 g/mol. The number of pyridine rings is 1. The van der Waals surface area contributed by atoms with Gasteiger partial charge in [0.25, 0.3) is 5.56 Å². The Morgan fingerprint density at radius 2 is 1.79 bits per heavy atom. The Labute approximate surface area is 161 Å². The number of likely N-dealkylation sites (N-methyl/N-ethyl adjacent to an activating group) is 1. The molecule has 0 radical (unpaired) electrons. The highest BCUT2D eigenvalue weighted by Gasteiger charge is 2.18. The van der Waals surface area contributed by atoms with Crippen LogP contribution >= 0.6 is 0 Å². The van der Waals surface area contributed by atoms with Crippen LogP contribution in [-0.4, -0.2) is 31.8 Å². The number of aromatic nitrogens is 4. The number of hydrogen-bond donors (Lipinski definition) is 1. The molecule has 0 fully saturated rings. The minimum absolute atomic E-state index is 0.125. The molecule has 0 aliphatic carbocycles. The van der Waals surface area contributed by atoms with Crippen LogP contribution in [0.3, 0.4) is 0 Å². The monoisotopic (exact) mass is 373 g/mol. The van der Waals surface area contributed by atoms with Crippen molar-refractivity contribution in [3.63, 3.8) is 0 Å². The molecule has 3 aromatic heterocycles. The van der Waals surface area contributed by atoms with Gasteiger partial charge in [-0.3, -0.25) is 9.59 Å². The highest BCUT2D eigenvalue weighted by Crippen LogP contribution is 2.33. The molecule has 7 heteroatoms. The van der Waals surface area contributed by atoms with Crippen LogP contribution in [-0.2, 0) is 11.3 Å². The van der Waals surface area contributed by atoms with Crippen LogP contribution in [0, 0.1) is 0 Å². The maximum absolute atomic E-state index is 12.2. The summed E-state index contributed by atoms with van der Waals surface area (Å²) in [4.78, 5) is 24.1. The molecule has 140 valence electrons. The summed E-state index contributed by atoms with van der Waals surface area (Å²) in [6, 6.07) is 18.7. The Balaban J connectivity index is 1.89. The molecule has 0 bridgehead atoms. The van der Waals surface area contributed by atoms with E-state index < -0.39 is 0 Å². The molecule has 4 rings (SSSR count). The van der Waals surface area contributed by atoms with Crippen LogP contribution in [0.1, 0.15) is 6.92 Å². The molecule has 0 aliphatic heterocycles. The first-order valence-corrected chi connectivity index (χ1v) is 9.05. The van der Waals surface area contributed by atoms with Gasteiger partial charge in [-0.05, 0) is 25.1 Å². The lowest BCUT2D eigenvalue weighted by Crippen LogP contribution is -2.33. The van der Waals surface area contributed by atoms with Gasteiger partial charge in [0, 0.05) is 24.4 Å². The van der Waals surface area contributed by atoms with Crippen LogP contribution in [0.5, 0.6) is 0 Å². The Bertz CT molecular complexity index is 1190. The first-order chi connectivity index (χ1) is 13.7. The Morgan fingerprint density at radius 1 is 1.00 bits per heavy atom.